The van der Waals surface area contributed by atoms with E-state index in [2.05, 4.69) is 33.6 Å². The summed E-state index contributed by atoms with van der Waals surface area (Å²) < 4.78 is 5.43. The van der Waals surface area contributed by atoms with E-state index < -0.39 is 0 Å². The lowest BCUT2D eigenvalue weighted by Gasteiger charge is -2.31. The fraction of sp³-hybridized carbons (Fsp3) is 0.438. The van der Waals surface area contributed by atoms with E-state index in [0.29, 0.717) is 6.54 Å². The highest BCUT2D eigenvalue weighted by atomic mass is 35.5. The van der Waals surface area contributed by atoms with E-state index in [9.17, 15) is 0 Å². The number of thiazole rings is 1. The number of nitrogens with zero attached hydrogens (tertiary/aromatic N) is 2. The summed E-state index contributed by atoms with van der Waals surface area (Å²) in [7, 11) is 0. The van der Waals surface area contributed by atoms with Gasteiger partial charge in [0.1, 0.15) is 0 Å². The van der Waals surface area contributed by atoms with Crippen LogP contribution in [0.4, 0.5) is 11.4 Å². The Kier molecular flexibility index (Phi) is 5.18. The molecule has 4 nitrogen and oxygen atoms in total. The molecule has 0 amide bonds. The monoisotopic (exact) mass is 337 g/mol. The topological polar surface area (TPSA) is 37.4 Å². The first-order chi connectivity index (χ1) is 10.8. The molecule has 22 heavy (non-hydrogen) atoms. The molecule has 1 fully saturated rings. The zero-order valence-corrected chi connectivity index (χ0v) is 14.2. The Morgan fingerprint density at radius 2 is 2.18 bits per heavy atom. The summed E-state index contributed by atoms with van der Waals surface area (Å²) in [6, 6.07) is 5.99. The van der Waals surface area contributed by atoms with Crippen molar-refractivity contribution in [2.24, 2.45) is 0 Å². The smallest absolute Gasteiger partial charge is 0.0926 e. The van der Waals surface area contributed by atoms with Gasteiger partial charge in [-0.3, -0.25) is 0 Å². The highest BCUT2D eigenvalue weighted by molar-refractivity contribution is 7.09. The summed E-state index contributed by atoms with van der Waals surface area (Å²) in [4.78, 5) is 6.88. The first-order valence-electron chi connectivity index (χ1n) is 7.56. The summed E-state index contributed by atoms with van der Waals surface area (Å²) in [6.45, 7) is 6.08. The van der Waals surface area contributed by atoms with Crippen molar-refractivity contribution in [2.75, 3.05) is 36.5 Å². The minimum absolute atomic E-state index is 0.716. The van der Waals surface area contributed by atoms with Gasteiger partial charge in [-0.2, -0.15) is 0 Å². The zero-order valence-electron chi connectivity index (χ0n) is 12.6. The Hall–Kier alpha value is -1.30. The molecule has 0 spiro atoms. The maximum atomic E-state index is 6.43. The highest BCUT2D eigenvalue weighted by Crippen LogP contribution is 2.34. The predicted octanol–water partition coefficient (Wildman–Crippen LogP) is 3.81. The molecular weight excluding hydrogens is 318 g/mol. The number of benzene rings is 1. The van der Waals surface area contributed by atoms with E-state index in [4.69, 9.17) is 16.3 Å². The van der Waals surface area contributed by atoms with Crippen LogP contribution in [0.25, 0.3) is 0 Å². The number of anilines is 2. The van der Waals surface area contributed by atoms with Gasteiger partial charge in [-0.05, 0) is 18.6 Å². The van der Waals surface area contributed by atoms with Crippen molar-refractivity contribution in [3.05, 3.63) is 39.3 Å². The average Bonchev–Trinajstić information content (AvgIpc) is 3.02. The molecule has 3 rings (SSSR count). The number of halogens is 1. The number of hydrogen-bond acceptors (Lipinski definition) is 5. The first-order valence-corrected chi connectivity index (χ1v) is 8.82. The summed E-state index contributed by atoms with van der Waals surface area (Å²) >= 11 is 8.15. The van der Waals surface area contributed by atoms with Crippen LogP contribution >= 0.6 is 22.9 Å². The first kappa shape index (κ1) is 15.6. The van der Waals surface area contributed by atoms with Gasteiger partial charge in [0.2, 0.25) is 0 Å². The molecular formula is C16H20ClN3OS. The van der Waals surface area contributed by atoms with Crippen LogP contribution in [-0.2, 0) is 17.7 Å². The molecule has 0 saturated carbocycles. The van der Waals surface area contributed by atoms with Gasteiger partial charge in [-0.15, -0.1) is 11.3 Å². The molecule has 6 heteroatoms. The number of rotatable bonds is 5. The molecule has 1 aromatic heterocycles. The van der Waals surface area contributed by atoms with Crippen LogP contribution in [-0.4, -0.2) is 31.3 Å². The molecule has 0 aliphatic carbocycles. The Bertz CT molecular complexity index is 626. The second-order valence-corrected chi connectivity index (χ2v) is 6.52. The van der Waals surface area contributed by atoms with Crippen molar-refractivity contribution in [2.45, 2.75) is 19.9 Å². The van der Waals surface area contributed by atoms with Gasteiger partial charge in [-0.1, -0.05) is 24.6 Å². The number of hydrogen-bond donors (Lipinski definition) is 1. The molecule has 118 valence electrons. The van der Waals surface area contributed by atoms with Crippen molar-refractivity contribution in [3.63, 3.8) is 0 Å². The number of aryl methyl sites for hydroxylation is 1. The predicted molar refractivity (Wildman–Crippen MR) is 93.3 cm³/mol. The Morgan fingerprint density at radius 1 is 1.36 bits per heavy atom. The van der Waals surface area contributed by atoms with Crippen molar-refractivity contribution in [1.29, 1.82) is 0 Å². The Morgan fingerprint density at radius 3 is 2.91 bits per heavy atom. The van der Waals surface area contributed by atoms with Crippen LogP contribution in [0, 0.1) is 0 Å². The third-order valence-electron chi connectivity index (χ3n) is 3.68. The fourth-order valence-corrected chi connectivity index (χ4v) is 3.58. The van der Waals surface area contributed by atoms with Gasteiger partial charge in [0.25, 0.3) is 0 Å². The molecule has 0 atom stereocenters. The third-order valence-corrected chi connectivity index (χ3v) is 5.02. The molecule has 2 aromatic rings. The lowest BCUT2D eigenvalue weighted by Crippen LogP contribution is -2.36. The van der Waals surface area contributed by atoms with Crippen molar-refractivity contribution >= 4 is 34.3 Å². The maximum Gasteiger partial charge on any atom is 0.0926 e. The molecule has 1 aromatic carbocycles. The molecule has 1 N–H and O–H groups in total. The summed E-state index contributed by atoms with van der Waals surface area (Å²) in [5.41, 5.74) is 3.20. The average molecular weight is 338 g/mol. The number of nitrogens with one attached hydrogen (secondary N) is 1. The van der Waals surface area contributed by atoms with Crippen LogP contribution in [0.3, 0.4) is 0 Å². The lowest BCUT2D eigenvalue weighted by atomic mass is 10.2. The van der Waals surface area contributed by atoms with E-state index in [1.165, 1.54) is 5.01 Å². The molecule has 1 saturated heterocycles. The van der Waals surface area contributed by atoms with E-state index in [0.717, 1.165) is 54.8 Å². The largest absolute Gasteiger partial charge is 0.378 e. The molecule has 2 heterocycles. The van der Waals surface area contributed by atoms with Crippen molar-refractivity contribution < 1.29 is 4.74 Å². The number of para-hydroxylation sites is 1. The van der Waals surface area contributed by atoms with Gasteiger partial charge >= 0.3 is 0 Å². The number of morpholine rings is 1. The Balaban J connectivity index is 1.76. The SMILES string of the molecule is CCc1nc(CNc2cccc(Cl)c2N2CCOCC2)cs1. The number of ether oxygens (including phenoxy) is 1. The standard InChI is InChI=1S/C16H20ClN3OS/c1-2-15-19-12(11-22-15)10-18-14-5-3-4-13(17)16(14)20-6-8-21-9-7-20/h3-5,11,18H,2,6-10H2,1H3. The van der Waals surface area contributed by atoms with Crippen LogP contribution in [0.1, 0.15) is 17.6 Å². The molecule has 0 radical (unpaired) electrons. The quantitative estimate of drug-likeness (QED) is 0.900. The van der Waals surface area contributed by atoms with Gasteiger partial charge in [-0.25, -0.2) is 4.98 Å². The second kappa shape index (κ2) is 7.31. The normalized spacial score (nSPS) is 15.1. The van der Waals surface area contributed by atoms with E-state index in [1.807, 2.05) is 12.1 Å². The van der Waals surface area contributed by atoms with Gasteiger partial charge < -0.3 is 15.0 Å². The molecule has 0 unspecified atom stereocenters. The summed E-state index contributed by atoms with van der Waals surface area (Å²) in [6.07, 6.45) is 0.987. The van der Waals surface area contributed by atoms with E-state index in [-0.39, 0.29) is 0 Å². The van der Waals surface area contributed by atoms with Crippen LogP contribution in [0.2, 0.25) is 5.02 Å². The second-order valence-electron chi connectivity index (χ2n) is 5.18. The summed E-state index contributed by atoms with van der Waals surface area (Å²) in [5.74, 6) is 0. The highest BCUT2D eigenvalue weighted by Gasteiger charge is 2.17. The van der Waals surface area contributed by atoms with Gasteiger partial charge in [0.05, 0.1) is 46.9 Å². The minimum Gasteiger partial charge on any atom is -0.378 e. The van der Waals surface area contributed by atoms with Crippen molar-refractivity contribution in [1.82, 2.24) is 4.98 Å². The van der Waals surface area contributed by atoms with Gasteiger partial charge in [0, 0.05) is 18.5 Å². The molecule has 1 aliphatic heterocycles. The fourth-order valence-electron chi connectivity index (χ4n) is 2.54. The third kappa shape index (κ3) is 3.54. The van der Waals surface area contributed by atoms with E-state index >= 15 is 0 Å². The van der Waals surface area contributed by atoms with E-state index in [1.54, 1.807) is 11.3 Å². The molecule has 1 aliphatic rings. The van der Waals surface area contributed by atoms with Crippen molar-refractivity contribution in [3.8, 4) is 0 Å². The minimum atomic E-state index is 0.716. The number of aromatic nitrogens is 1. The van der Waals surface area contributed by atoms with Crippen LogP contribution < -0.4 is 10.2 Å². The Labute approximate surface area is 140 Å². The van der Waals surface area contributed by atoms with Crippen LogP contribution in [0.5, 0.6) is 0 Å². The molecule has 0 bridgehead atoms. The lowest BCUT2D eigenvalue weighted by molar-refractivity contribution is 0.123. The summed E-state index contributed by atoms with van der Waals surface area (Å²) in [5, 5.41) is 7.55. The zero-order chi connectivity index (χ0) is 15.4. The van der Waals surface area contributed by atoms with Gasteiger partial charge in [0.15, 0.2) is 0 Å². The van der Waals surface area contributed by atoms with Crippen LogP contribution in [0.15, 0.2) is 23.6 Å². The maximum absolute atomic E-state index is 6.43.